The molecule has 6 nitrogen and oxygen atoms in total. The number of rotatable bonds is 3. The highest BCUT2D eigenvalue weighted by Crippen LogP contribution is 2.21. The SMILES string of the molecule is Cc1cc(C(=O)N2CCC(CC(=O)O)CC2)n[nH]1. The minimum absolute atomic E-state index is 0.0758. The molecule has 18 heavy (non-hydrogen) atoms. The molecule has 0 aromatic carbocycles. The summed E-state index contributed by atoms with van der Waals surface area (Å²) in [4.78, 5) is 24.4. The van der Waals surface area contributed by atoms with Crippen molar-refractivity contribution in [1.29, 1.82) is 0 Å². The molecule has 2 rings (SSSR count). The highest BCUT2D eigenvalue weighted by atomic mass is 16.4. The standard InChI is InChI=1S/C12H17N3O3/c1-8-6-10(14-13-8)12(18)15-4-2-9(3-5-15)7-11(16)17/h6,9H,2-5,7H2,1H3,(H,13,14)(H,16,17). The van der Waals surface area contributed by atoms with Crippen LogP contribution >= 0.6 is 0 Å². The van der Waals surface area contributed by atoms with Gasteiger partial charge in [-0.15, -0.1) is 0 Å². The summed E-state index contributed by atoms with van der Waals surface area (Å²) in [6.45, 7) is 3.08. The van der Waals surface area contributed by atoms with Gasteiger partial charge >= 0.3 is 5.97 Å². The average molecular weight is 251 g/mol. The maximum atomic E-state index is 12.1. The Morgan fingerprint density at radius 3 is 2.67 bits per heavy atom. The molecule has 98 valence electrons. The molecular weight excluding hydrogens is 234 g/mol. The molecule has 6 heteroatoms. The highest BCUT2D eigenvalue weighted by Gasteiger charge is 2.25. The van der Waals surface area contributed by atoms with Crippen molar-refractivity contribution in [3.05, 3.63) is 17.5 Å². The quantitative estimate of drug-likeness (QED) is 0.840. The summed E-state index contributed by atoms with van der Waals surface area (Å²) in [5.74, 6) is -0.650. The van der Waals surface area contributed by atoms with Gasteiger partial charge in [-0.25, -0.2) is 0 Å². The number of H-pyrrole nitrogens is 1. The minimum Gasteiger partial charge on any atom is -0.481 e. The van der Waals surface area contributed by atoms with Crippen LogP contribution in [0.1, 0.15) is 35.4 Å². The largest absolute Gasteiger partial charge is 0.481 e. The van der Waals surface area contributed by atoms with Crippen molar-refractivity contribution in [2.45, 2.75) is 26.2 Å². The third kappa shape index (κ3) is 2.88. The van der Waals surface area contributed by atoms with E-state index in [2.05, 4.69) is 10.2 Å². The molecule has 0 bridgehead atoms. The Morgan fingerprint density at radius 1 is 1.50 bits per heavy atom. The molecule has 1 saturated heterocycles. The van der Waals surface area contributed by atoms with Crippen molar-refractivity contribution < 1.29 is 14.7 Å². The molecule has 1 amide bonds. The fourth-order valence-electron chi connectivity index (χ4n) is 2.28. The number of likely N-dealkylation sites (tertiary alicyclic amines) is 1. The van der Waals surface area contributed by atoms with Crippen LogP contribution in [0.4, 0.5) is 0 Å². The lowest BCUT2D eigenvalue weighted by atomic mass is 9.93. The van der Waals surface area contributed by atoms with Crippen LogP contribution in [0.2, 0.25) is 0 Å². The molecule has 2 heterocycles. The topological polar surface area (TPSA) is 86.3 Å². The molecule has 0 saturated carbocycles. The Hall–Kier alpha value is -1.85. The van der Waals surface area contributed by atoms with Gasteiger partial charge in [-0.1, -0.05) is 0 Å². The number of aromatic nitrogens is 2. The van der Waals surface area contributed by atoms with Crippen molar-refractivity contribution in [3.8, 4) is 0 Å². The highest BCUT2D eigenvalue weighted by molar-refractivity contribution is 5.92. The van der Waals surface area contributed by atoms with Crippen LogP contribution in [-0.2, 0) is 4.79 Å². The van der Waals surface area contributed by atoms with Crippen molar-refractivity contribution in [3.63, 3.8) is 0 Å². The van der Waals surface area contributed by atoms with Gasteiger partial charge < -0.3 is 10.0 Å². The second kappa shape index (κ2) is 5.20. The van der Waals surface area contributed by atoms with Gasteiger partial charge in [0.05, 0.1) is 0 Å². The van der Waals surface area contributed by atoms with Gasteiger partial charge in [-0.2, -0.15) is 5.10 Å². The number of nitrogens with one attached hydrogen (secondary N) is 1. The van der Waals surface area contributed by atoms with Gasteiger partial charge in [-0.05, 0) is 31.7 Å². The van der Waals surface area contributed by atoms with Crippen molar-refractivity contribution >= 4 is 11.9 Å². The zero-order valence-corrected chi connectivity index (χ0v) is 10.3. The summed E-state index contributed by atoms with van der Waals surface area (Å²) >= 11 is 0. The lowest BCUT2D eigenvalue weighted by Gasteiger charge is -2.30. The number of piperidine rings is 1. The van der Waals surface area contributed by atoms with E-state index in [1.807, 2.05) is 6.92 Å². The van der Waals surface area contributed by atoms with Crippen LogP contribution in [0.3, 0.4) is 0 Å². The number of nitrogens with zero attached hydrogens (tertiary/aromatic N) is 2. The summed E-state index contributed by atoms with van der Waals surface area (Å²) in [5, 5.41) is 15.4. The van der Waals surface area contributed by atoms with Gasteiger partial charge in [0.2, 0.25) is 0 Å². The van der Waals surface area contributed by atoms with Crippen molar-refractivity contribution in [2.75, 3.05) is 13.1 Å². The van der Waals surface area contributed by atoms with Gasteiger partial charge in [0, 0.05) is 25.2 Å². The van der Waals surface area contributed by atoms with E-state index in [1.165, 1.54) is 0 Å². The van der Waals surface area contributed by atoms with Crippen LogP contribution in [0, 0.1) is 12.8 Å². The molecule has 0 aliphatic carbocycles. The zero-order valence-electron chi connectivity index (χ0n) is 10.3. The van der Waals surface area contributed by atoms with Gasteiger partial charge in [0.1, 0.15) is 5.69 Å². The predicted molar refractivity (Wildman–Crippen MR) is 64.2 cm³/mol. The molecule has 0 unspecified atom stereocenters. The molecule has 1 aromatic rings. The maximum Gasteiger partial charge on any atom is 0.303 e. The number of carboxylic acid groups (broad SMARTS) is 1. The number of aliphatic carboxylic acids is 1. The van der Waals surface area contributed by atoms with E-state index >= 15 is 0 Å². The lowest BCUT2D eigenvalue weighted by molar-refractivity contribution is -0.138. The van der Waals surface area contributed by atoms with E-state index < -0.39 is 5.97 Å². The van der Waals surface area contributed by atoms with Gasteiger partial charge in [-0.3, -0.25) is 14.7 Å². The average Bonchev–Trinajstić information content (AvgIpc) is 2.75. The summed E-state index contributed by atoms with van der Waals surface area (Å²) < 4.78 is 0. The maximum absolute atomic E-state index is 12.1. The zero-order chi connectivity index (χ0) is 13.1. The number of aromatic amines is 1. The van der Waals surface area contributed by atoms with Crippen LogP contribution in [0.15, 0.2) is 6.07 Å². The summed E-state index contributed by atoms with van der Waals surface area (Å²) in [6, 6.07) is 1.73. The fourth-order valence-corrected chi connectivity index (χ4v) is 2.28. The Morgan fingerprint density at radius 2 is 2.17 bits per heavy atom. The number of carbonyl (C=O) groups is 2. The molecule has 1 aromatic heterocycles. The molecule has 1 fully saturated rings. The van der Waals surface area contributed by atoms with Crippen molar-refractivity contribution in [1.82, 2.24) is 15.1 Å². The minimum atomic E-state index is -0.761. The number of aryl methyl sites for hydroxylation is 1. The number of amides is 1. The van der Waals surface area contributed by atoms with E-state index in [1.54, 1.807) is 11.0 Å². The van der Waals surface area contributed by atoms with Gasteiger partial charge in [0.25, 0.3) is 5.91 Å². The molecule has 0 radical (unpaired) electrons. The van der Waals surface area contributed by atoms with E-state index in [0.29, 0.717) is 18.8 Å². The van der Waals surface area contributed by atoms with Crippen LogP contribution < -0.4 is 0 Å². The lowest BCUT2D eigenvalue weighted by Crippen LogP contribution is -2.39. The first kappa shape index (κ1) is 12.6. The molecule has 0 atom stereocenters. The third-order valence-electron chi connectivity index (χ3n) is 3.29. The third-order valence-corrected chi connectivity index (χ3v) is 3.29. The summed E-state index contributed by atoms with van der Waals surface area (Å²) in [6.07, 6.45) is 1.70. The first-order valence-electron chi connectivity index (χ1n) is 6.09. The number of carboxylic acids is 1. The first-order valence-corrected chi connectivity index (χ1v) is 6.09. The second-order valence-electron chi connectivity index (χ2n) is 4.77. The fraction of sp³-hybridized carbons (Fsp3) is 0.583. The van der Waals surface area contributed by atoms with Crippen LogP contribution in [0.25, 0.3) is 0 Å². The Kier molecular flexibility index (Phi) is 3.64. The van der Waals surface area contributed by atoms with E-state index in [9.17, 15) is 9.59 Å². The smallest absolute Gasteiger partial charge is 0.303 e. The number of hydrogen-bond acceptors (Lipinski definition) is 3. The summed E-state index contributed by atoms with van der Waals surface area (Å²) in [7, 11) is 0. The Balaban J connectivity index is 1.90. The number of hydrogen-bond donors (Lipinski definition) is 2. The summed E-state index contributed by atoms with van der Waals surface area (Å²) in [5.41, 5.74) is 1.29. The van der Waals surface area contributed by atoms with Crippen LogP contribution in [-0.4, -0.2) is 45.2 Å². The Bertz CT molecular complexity index is 447. The van der Waals surface area contributed by atoms with E-state index in [0.717, 1.165) is 18.5 Å². The molecule has 1 aliphatic heterocycles. The van der Waals surface area contributed by atoms with E-state index in [-0.39, 0.29) is 18.2 Å². The van der Waals surface area contributed by atoms with Crippen molar-refractivity contribution in [2.24, 2.45) is 5.92 Å². The molecule has 2 N–H and O–H groups in total. The molecule has 0 spiro atoms. The Labute approximate surface area is 105 Å². The first-order chi connectivity index (χ1) is 8.56. The number of carbonyl (C=O) groups excluding carboxylic acids is 1. The predicted octanol–water partition coefficient (Wildman–Crippen LogP) is 1.05. The van der Waals surface area contributed by atoms with Crippen LogP contribution in [0.5, 0.6) is 0 Å². The normalized spacial score (nSPS) is 16.8. The second-order valence-corrected chi connectivity index (χ2v) is 4.77. The van der Waals surface area contributed by atoms with Gasteiger partial charge in [0.15, 0.2) is 0 Å². The van der Waals surface area contributed by atoms with E-state index in [4.69, 9.17) is 5.11 Å². The monoisotopic (exact) mass is 251 g/mol. The molecular formula is C12H17N3O3. The molecule has 1 aliphatic rings.